The van der Waals surface area contributed by atoms with Crippen molar-refractivity contribution in [1.82, 2.24) is 9.55 Å². The van der Waals surface area contributed by atoms with Gasteiger partial charge in [-0.2, -0.15) is 0 Å². The second-order valence-electron chi connectivity index (χ2n) is 4.87. The van der Waals surface area contributed by atoms with Gasteiger partial charge < -0.3 is 0 Å². The van der Waals surface area contributed by atoms with E-state index in [0.717, 1.165) is 22.4 Å². The summed E-state index contributed by atoms with van der Waals surface area (Å²) >= 11 is 11.9. The first-order valence-electron chi connectivity index (χ1n) is 6.59. The lowest BCUT2D eigenvalue weighted by Crippen LogP contribution is -2.03. The molecule has 0 spiro atoms. The first kappa shape index (κ1) is 14.4. The van der Waals surface area contributed by atoms with Crippen molar-refractivity contribution in [3.63, 3.8) is 0 Å². The van der Waals surface area contributed by atoms with E-state index in [1.165, 1.54) is 12.1 Å². The van der Waals surface area contributed by atoms with Crippen LogP contribution in [0.5, 0.6) is 0 Å². The maximum Gasteiger partial charge on any atom is 0.126 e. The zero-order chi connectivity index (χ0) is 15.0. The highest BCUT2D eigenvalue weighted by molar-refractivity contribution is 6.30. The number of para-hydroxylation sites is 1. The van der Waals surface area contributed by atoms with E-state index in [1.807, 2.05) is 29.7 Å². The lowest BCUT2D eigenvalue weighted by molar-refractivity contribution is 0.626. The second kappa shape index (κ2) is 5.66. The van der Waals surface area contributed by atoms with Gasteiger partial charge in [-0.25, -0.2) is 9.37 Å². The Morgan fingerprint density at radius 1 is 1.24 bits per heavy atom. The zero-order valence-electron chi connectivity index (χ0n) is 11.4. The predicted molar refractivity (Wildman–Crippen MR) is 85.2 cm³/mol. The van der Waals surface area contributed by atoms with Crippen LogP contribution >= 0.6 is 23.2 Å². The minimum absolute atomic E-state index is 0.359. The molecule has 5 heteroatoms. The van der Waals surface area contributed by atoms with E-state index < -0.39 is 0 Å². The highest BCUT2D eigenvalue weighted by Gasteiger charge is 2.14. The summed E-state index contributed by atoms with van der Waals surface area (Å²) in [5.74, 6) is 0.881. The smallest absolute Gasteiger partial charge is 0.126 e. The summed E-state index contributed by atoms with van der Waals surface area (Å²) < 4.78 is 15.6. The molecular weight excluding hydrogens is 310 g/mol. The number of benzene rings is 2. The normalized spacial score (nSPS) is 11.2. The number of nitrogens with zero attached hydrogens (tertiary/aromatic N) is 2. The van der Waals surface area contributed by atoms with Gasteiger partial charge in [0.05, 0.1) is 16.7 Å². The average molecular weight is 323 g/mol. The summed E-state index contributed by atoms with van der Waals surface area (Å²) in [6, 6.07) is 10.4. The Labute approximate surface area is 132 Å². The van der Waals surface area contributed by atoms with Crippen molar-refractivity contribution in [3.8, 4) is 5.69 Å². The minimum atomic E-state index is -0.371. The zero-order valence-corrected chi connectivity index (χ0v) is 12.9. The molecule has 0 saturated heterocycles. The number of hydrogen-bond acceptors (Lipinski definition) is 1. The lowest BCUT2D eigenvalue weighted by Gasteiger charge is -2.11. The molecule has 0 atom stereocenters. The van der Waals surface area contributed by atoms with Crippen LogP contribution in [-0.2, 0) is 6.42 Å². The number of alkyl halides is 1. The quantitative estimate of drug-likeness (QED) is 0.626. The van der Waals surface area contributed by atoms with E-state index in [1.54, 1.807) is 6.07 Å². The lowest BCUT2D eigenvalue weighted by atomic mass is 10.2. The van der Waals surface area contributed by atoms with Crippen LogP contribution in [0, 0.1) is 12.7 Å². The Hall–Kier alpha value is -1.58. The molecule has 1 aromatic heterocycles. The molecule has 2 aromatic carbocycles. The van der Waals surface area contributed by atoms with E-state index in [-0.39, 0.29) is 5.82 Å². The number of fused-ring (bicyclic) bond motifs is 1. The molecule has 3 rings (SSSR count). The van der Waals surface area contributed by atoms with Crippen LogP contribution in [-0.4, -0.2) is 15.4 Å². The molecule has 0 fully saturated rings. The van der Waals surface area contributed by atoms with Crippen molar-refractivity contribution in [2.24, 2.45) is 0 Å². The third-order valence-corrected chi connectivity index (χ3v) is 3.78. The van der Waals surface area contributed by atoms with E-state index in [2.05, 4.69) is 4.98 Å². The van der Waals surface area contributed by atoms with Crippen LogP contribution < -0.4 is 0 Å². The molecule has 0 saturated carbocycles. The van der Waals surface area contributed by atoms with Gasteiger partial charge in [0.1, 0.15) is 11.6 Å². The Morgan fingerprint density at radius 2 is 2.05 bits per heavy atom. The monoisotopic (exact) mass is 322 g/mol. The molecule has 0 unspecified atom stereocenters. The Kier molecular flexibility index (Phi) is 3.87. The van der Waals surface area contributed by atoms with Crippen molar-refractivity contribution < 1.29 is 4.39 Å². The van der Waals surface area contributed by atoms with Crippen LogP contribution in [0.25, 0.3) is 16.7 Å². The second-order valence-corrected chi connectivity index (χ2v) is 5.69. The predicted octanol–water partition coefficient (Wildman–Crippen LogP) is 4.91. The highest BCUT2D eigenvalue weighted by Crippen LogP contribution is 2.27. The minimum Gasteiger partial charge on any atom is -0.296 e. The van der Waals surface area contributed by atoms with E-state index in [4.69, 9.17) is 23.2 Å². The molecule has 0 bridgehead atoms. The maximum absolute atomic E-state index is 13.7. The van der Waals surface area contributed by atoms with Gasteiger partial charge in [0.2, 0.25) is 0 Å². The number of hydrogen-bond donors (Lipinski definition) is 0. The fourth-order valence-corrected chi connectivity index (χ4v) is 2.93. The standard InChI is InChI=1S/C16H13Cl2FN2/c1-10-3-2-4-14-16(10)21(15(20-14)5-6-17)13-8-11(18)7-12(19)9-13/h2-4,7-9H,5-6H2,1H3. The van der Waals surface area contributed by atoms with Gasteiger partial charge in [-0.3, -0.25) is 4.57 Å². The van der Waals surface area contributed by atoms with Gasteiger partial charge in [0.25, 0.3) is 0 Å². The Bertz CT molecular complexity index is 791. The first-order valence-corrected chi connectivity index (χ1v) is 7.51. The van der Waals surface area contributed by atoms with Gasteiger partial charge in [0.15, 0.2) is 0 Å². The maximum atomic E-state index is 13.7. The topological polar surface area (TPSA) is 17.8 Å². The summed E-state index contributed by atoms with van der Waals surface area (Å²) in [7, 11) is 0. The number of rotatable bonds is 3. The van der Waals surface area contributed by atoms with Gasteiger partial charge in [-0.1, -0.05) is 23.7 Å². The van der Waals surface area contributed by atoms with Gasteiger partial charge in [-0.05, 0) is 36.8 Å². The molecule has 1 heterocycles. The van der Waals surface area contributed by atoms with Crippen molar-refractivity contribution in [3.05, 3.63) is 58.6 Å². The fourth-order valence-electron chi connectivity index (χ4n) is 2.54. The molecule has 0 aliphatic rings. The third kappa shape index (κ3) is 2.63. The molecule has 0 N–H and O–H groups in total. The molecule has 0 radical (unpaired) electrons. The van der Waals surface area contributed by atoms with Crippen LogP contribution in [0.2, 0.25) is 5.02 Å². The molecule has 2 nitrogen and oxygen atoms in total. The molecule has 0 amide bonds. The number of imidazole rings is 1. The number of aryl methyl sites for hydroxylation is 2. The van der Waals surface area contributed by atoms with Crippen LogP contribution in [0.1, 0.15) is 11.4 Å². The van der Waals surface area contributed by atoms with Crippen LogP contribution in [0.4, 0.5) is 4.39 Å². The third-order valence-electron chi connectivity index (χ3n) is 3.37. The summed E-state index contributed by atoms with van der Waals surface area (Å²) in [6.07, 6.45) is 0.601. The van der Waals surface area contributed by atoms with Gasteiger partial charge >= 0.3 is 0 Å². The average Bonchev–Trinajstić information content (AvgIpc) is 2.77. The molecular formula is C16H13Cl2FN2. The van der Waals surface area contributed by atoms with Crippen LogP contribution in [0.3, 0.4) is 0 Å². The Morgan fingerprint density at radius 3 is 2.76 bits per heavy atom. The first-order chi connectivity index (χ1) is 10.1. The molecule has 108 valence electrons. The molecule has 0 aliphatic carbocycles. The number of aromatic nitrogens is 2. The summed E-state index contributed by atoms with van der Waals surface area (Å²) in [4.78, 5) is 4.61. The summed E-state index contributed by atoms with van der Waals surface area (Å²) in [5.41, 5.74) is 3.56. The van der Waals surface area contributed by atoms with Crippen molar-refractivity contribution >= 4 is 34.2 Å². The van der Waals surface area contributed by atoms with E-state index in [9.17, 15) is 4.39 Å². The van der Waals surface area contributed by atoms with Crippen molar-refractivity contribution in [2.45, 2.75) is 13.3 Å². The molecule has 3 aromatic rings. The summed E-state index contributed by atoms with van der Waals surface area (Å²) in [5, 5.41) is 0.359. The van der Waals surface area contributed by atoms with Crippen LogP contribution in [0.15, 0.2) is 36.4 Å². The van der Waals surface area contributed by atoms with E-state index >= 15 is 0 Å². The van der Waals surface area contributed by atoms with Gasteiger partial charge in [0, 0.05) is 17.3 Å². The van der Waals surface area contributed by atoms with Crippen molar-refractivity contribution in [2.75, 3.05) is 5.88 Å². The highest BCUT2D eigenvalue weighted by atomic mass is 35.5. The molecule has 0 aliphatic heterocycles. The van der Waals surface area contributed by atoms with Crippen molar-refractivity contribution in [1.29, 1.82) is 0 Å². The SMILES string of the molecule is Cc1cccc2nc(CCCl)n(-c3cc(F)cc(Cl)c3)c12. The molecule has 21 heavy (non-hydrogen) atoms. The van der Waals surface area contributed by atoms with Gasteiger partial charge in [-0.15, -0.1) is 11.6 Å². The largest absolute Gasteiger partial charge is 0.296 e. The fraction of sp³-hybridized carbons (Fsp3) is 0.188. The van der Waals surface area contributed by atoms with E-state index in [0.29, 0.717) is 23.0 Å². The number of halogens is 3. The summed E-state index contributed by atoms with van der Waals surface area (Å²) in [6.45, 7) is 2.01. The Balaban J connectivity index is 2.35.